The number of ether oxygens (including phenoxy) is 2. The second kappa shape index (κ2) is 11.6. The molecule has 2 aromatic carbocycles. The summed E-state index contributed by atoms with van der Waals surface area (Å²) in [6, 6.07) is 14.8. The fourth-order valence-electron chi connectivity index (χ4n) is 2.52. The van der Waals surface area contributed by atoms with Crippen molar-refractivity contribution >= 4 is 17.6 Å². The van der Waals surface area contributed by atoms with Gasteiger partial charge >= 0.3 is 5.97 Å². The van der Waals surface area contributed by atoms with Gasteiger partial charge in [0, 0.05) is 17.3 Å². The molecule has 0 unspecified atom stereocenters. The highest BCUT2D eigenvalue weighted by atomic mass is 16.5. The Hall–Kier alpha value is -3.08. The number of carbonyl (C=O) groups is 2. The van der Waals surface area contributed by atoms with Crippen molar-refractivity contribution in [1.29, 1.82) is 0 Å². The molecule has 0 aliphatic heterocycles. The molecule has 0 saturated carbocycles. The van der Waals surface area contributed by atoms with Gasteiger partial charge in [0.15, 0.2) is 0 Å². The summed E-state index contributed by atoms with van der Waals surface area (Å²) in [4.78, 5) is 23.2. The van der Waals surface area contributed by atoms with Crippen molar-refractivity contribution in [1.82, 2.24) is 0 Å². The summed E-state index contributed by atoms with van der Waals surface area (Å²) in [5.41, 5.74) is 2.51. The summed E-state index contributed by atoms with van der Waals surface area (Å²) < 4.78 is 10.6. The van der Waals surface area contributed by atoms with Crippen LogP contribution in [0.5, 0.6) is 5.75 Å². The standard InChI is InChI=1S/C23H27NO4/c1-3-22(25)28-17-7-5-4-6-16-27-21-14-10-19(11-15-21)23(26)24-20-12-8-18(2)9-13-20/h3,8-15H,1,4-7,16-17H2,2H3,(H,24,26). The molecule has 0 fully saturated rings. The lowest BCUT2D eigenvalue weighted by Crippen LogP contribution is -2.11. The Morgan fingerprint density at radius 3 is 2.21 bits per heavy atom. The van der Waals surface area contributed by atoms with Crippen molar-refractivity contribution in [2.75, 3.05) is 18.5 Å². The smallest absolute Gasteiger partial charge is 0.330 e. The predicted molar refractivity (Wildman–Crippen MR) is 111 cm³/mol. The number of hydrogen-bond donors (Lipinski definition) is 1. The lowest BCUT2D eigenvalue weighted by atomic mass is 10.2. The van der Waals surface area contributed by atoms with Crippen LogP contribution in [0.25, 0.3) is 0 Å². The van der Waals surface area contributed by atoms with Crippen molar-refractivity contribution in [2.45, 2.75) is 32.6 Å². The number of aryl methyl sites for hydroxylation is 1. The summed E-state index contributed by atoms with van der Waals surface area (Å²) in [6.07, 6.45) is 4.91. The third-order valence-electron chi connectivity index (χ3n) is 4.14. The van der Waals surface area contributed by atoms with Crippen LogP contribution in [0, 0.1) is 6.92 Å². The molecule has 0 aromatic heterocycles. The lowest BCUT2D eigenvalue weighted by molar-refractivity contribution is -0.137. The molecule has 0 spiro atoms. The molecule has 0 bridgehead atoms. The Labute approximate surface area is 166 Å². The van der Waals surface area contributed by atoms with Crippen molar-refractivity contribution in [3.05, 3.63) is 72.3 Å². The zero-order valence-corrected chi connectivity index (χ0v) is 16.3. The third-order valence-corrected chi connectivity index (χ3v) is 4.14. The maximum absolute atomic E-state index is 12.3. The van der Waals surface area contributed by atoms with E-state index in [-0.39, 0.29) is 11.9 Å². The van der Waals surface area contributed by atoms with Crippen molar-refractivity contribution in [3.8, 4) is 5.75 Å². The summed E-state index contributed by atoms with van der Waals surface area (Å²) in [7, 11) is 0. The molecule has 1 N–H and O–H groups in total. The first-order valence-electron chi connectivity index (χ1n) is 9.48. The molecule has 0 heterocycles. The quantitative estimate of drug-likeness (QED) is 0.341. The maximum Gasteiger partial charge on any atom is 0.330 e. The molecule has 1 amide bonds. The van der Waals surface area contributed by atoms with E-state index >= 15 is 0 Å². The number of rotatable bonds is 11. The van der Waals surface area contributed by atoms with E-state index in [0.717, 1.165) is 42.7 Å². The first-order chi connectivity index (χ1) is 13.6. The molecule has 5 nitrogen and oxygen atoms in total. The van der Waals surface area contributed by atoms with Gasteiger partial charge in [0.1, 0.15) is 5.75 Å². The number of hydrogen-bond acceptors (Lipinski definition) is 4. The van der Waals surface area contributed by atoms with Crippen molar-refractivity contribution in [3.63, 3.8) is 0 Å². The minimum Gasteiger partial charge on any atom is -0.494 e. The predicted octanol–water partition coefficient (Wildman–Crippen LogP) is 4.92. The molecule has 5 heteroatoms. The molecule has 0 radical (unpaired) electrons. The van der Waals surface area contributed by atoms with Crippen LogP contribution in [0.1, 0.15) is 41.6 Å². The van der Waals surface area contributed by atoms with Crippen LogP contribution < -0.4 is 10.1 Å². The first kappa shape index (κ1) is 21.2. The number of unbranched alkanes of at least 4 members (excludes halogenated alkanes) is 3. The van der Waals surface area contributed by atoms with E-state index < -0.39 is 0 Å². The minimum absolute atomic E-state index is 0.146. The molecule has 28 heavy (non-hydrogen) atoms. The molecular weight excluding hydrogens is 354 g/mol. The van der Waals surface area contributed by atoms with Crippen LogP contribution in [0.4, 0.5) is 5.69 Å². The SMILES string of the molecule is C=CC(=O)OCCCCCCOc1ccc(C(=O)Nc2ccc(C)cc2)cc1. The highest BCUT2D eigenvalue weighted by molar-refractivity contribution is 6.04. The molecule has 0 atom stereocenters. The van der Waals surface area contributed by atoms with Gasteiger partial charge in [-0.05, 0) is 69.0 Å². The van der Waals surface area contributed by atoms with Crippen molar-refractivity contribution < 1.29 is 19.1 Å². The minimum atomic E-state index is -0.376. The fourth-order valence-corrected chi connectivity index (χ4v) is 2.52. The van der Waals surface area contributed by atoms with Gasteiger partial charge in [0.25, 0.3) is 5.91 Å². The molecule has 0 aliphatic rings. The normalized spacial score (nSPS) is 10.2. The van der Waals surface area contributed by atoms with Crippen LogP contribution in [0.15, 0.2) is 61.2 Å². The molecule has 2 rings (SSSR count). The first-order valence-corrected chi connectivity index (χ1v) is 9.48. The van der Waals surface area contributed by atoms with E-state index in [2.05, 4.69) is 11.9 Å². The number of amides is 1. The number of anilines is 1. The van der Waals surface area contributed by atoms with Gasteiger partial charge in [-0.3, -0.25) is 4.79 Å². The Bertz CT molecular complexity index is 766. The monoisotopic (exact) mass is 381 g/mol. The van der Waals surface area contributed by atoms with E-state index in [1.54, 1.807) is 24.3 Å². The van der Waals surface area contributed by atoms with Gasteiger partial charge in [0.05, 0.1) is 13.2 Å². The van der Waals surface area contributed by atoms with E-state index in [9.17, 15) is 9.59 Å². The van der Waals surface area contributed by atoms with E-state index in [0.29, 0.717) is 18.8 Å². The third kappa shape index (κ3) is 7.66. The van der Waals surface area contributed by atoms with Gasteiger partial charge < -0.3 is 14.8 Å². The number of nitrogens with one attached hydrogen (secondary N) is 1. The van der Waals surface area contributed by atoms with Crippen LogP contribution in [-0.4, -0.2) is 25.1 Å². The topological polar surface area (TPSA) is 64.6 Å². The molecular formula is C23H27NO4. The van der Waals surface area contributed by atoms with Crippen molar-refractivity contribution in [2.24, 2.45) is 0 Å². The van der Waals surface area contributed by atoms with Crippen LogP contribution in [-0.2, 0) is 9.53 Å². The van der Waals surface area contributed by atoms with E-state index in [1.165, 1.54) is 6.08 Å². The van der Waals surface area contributed by atoms with E-state index in [4.69, 9.17) is 9.47 Å². The number of carbonyl (C=O) groups excluding carboxylic acids is 2. The Kier molecular flexibility index (Phi) is 8.79. The fraction of sp³-hybridized carbons (Fsp3) is 0.304. The summed E-state index contributed by atoms with van der Waals surface area (Å²) in [6.45, 7) is 6.40. The van der Waals surface area contributed by atoms with Gasteiger partial charge in [-0.15, -0.1) is 0 Å². The maximum atomic E-state index is 12.3. The number of benzene rings is 2. The van der Waals surface area contributed by atoms with Gasteiger partial charge in [-0.25, -0.2) is 4.79 Å². The zero-order valence-electron chi connectivity index (χ0n) is 16.3. The largest absolute Gasteiger partial charge is 0.494 e. The van der Waals surface area contributed by atoms with E-state index in [1.807, 2.05) is 31.2 Å². The van der Waals surface area contributed by atoms with Crippen LogP contribution in [0.2, 0.25) is 0 Å². The highest BCUT2D eigenvalue weighted by Crippen LogP contribution is 2.15. The summed E-state index contributed by atoms with van der Waals surface area (Å²) >= 11 is 0. The van der Waals surface area contributed by atoms with Crippen LogP contribution in [0.3, 0.4) is 0 Å². The lowest BCUT2D eigenvalue weighted by Gasteiger charge is -2.08. The Morgan fingerprint density at radius 2 is 1.57 bits per heavy atom. The molecule has 148 valence electrons. The average molecular weight is 381 g/mol. The molecule has 2 aromatic rings. The highest BCUT2D eigenvalue weighted by Gasteiger charge is 2.06. The Morgan fingerprint density at radius 1 is 0.929 bits per heavy atom. The van der Waals surface area contributed by atoms with Crippen LogP contribution >= 0.6 is 0 Å². The average Bonchev–Trinajstić information content (AvgIpc) is 2.71. The summed E-state index contributed by atoms with van der Waals surface area (Å²) in [5, 5.41) is 2.88. The van der Waals surface area contributed by atoms with Gasteiger partial charge in [-0.1, -0.05) is 24.3 Å². The van der Waals surface area contributed by atoms with Gasteiger partial charge in [0.2, 0.25) is 0 Å². The second-order valence-electron chi connectivity index (χ2n) is 6.48. The molecule has 0 saturated heterocycles. The summed E-state index contributed by atoms with van der Waals surface area (Å²) in [5.74, 6) is 0.221. The van der Waals surface area contributed by atoms with Gasteiger partial charge in [-0.2, -0.15) is 0 Å². The Balaban J connectivity index is 1.64. The second-order valence-corrected chi connectivity index (χ2v) is 6.48. The zero-order chi connectivity index (χ0) is 20.2. The number of esters is 1. The molecule has 0 aliphatic carbocycles.